The molecule has 1 aliphatic heterocycles. The van der Waals surface area contributed by atoms with Gasteiger partial charge in [-0.2, -0.15) is 0 Å². The Morgan fingerprint density at radius 2 is 0.537 bits per heavy atom. The number of oxime groups is 4. The maximum atomic E-state index is 9.26. The molecular formula is C36H40N8O10. The van der Waals surface area contributed by atoms with E-state index in [-0.39, 0.29) is 45.8 Å². The SMILES string of the molecule is CC(=Nc1cc2c(cc1N=C(C)/C(C)=N/O)O/C=C\O/C=C\Oc1cc(N=C(C)/C(C)=N/O)c(N=C(C)/C(C)=N/O)cc1O/C=C\O/C=C\O2)/C(C)=N\O. The van der Waals surface area contributed by atoms with Gasteiger partial charge in [0.15, 0.2) is 23.0 Å². The van der Waals surface area contributed by atoms with Gasteiger partial charge in [0.05, 0.1) is 68.4 Å². The third kappa shape index (κ3) is 11.9. The standard InChI is InChI=1S/C36H40N8O10/c1-21(25(5)41-45)37-29-17-33-34(18-30(29)38-22(2)26(6)42-46)52-14-10-50-12-16-54-36-20-32(40-24(4)28(8)44-48)31(39-23(3)27(7)43-47)19-35(36)53-15-11-49-9-13-51-33/h9-20,45-48H,1-8H3/b13-9-,14-10-,15-11-,16-12-,37-21?,38-22?,39-23?,40-24?,41-25-,42-26+,43-27+,44-28+. The zero-order chi connectivity index (χ0) is 39.6. The van der Waals surface area contributed by atoms with E-state index in [1.165, 1.54) is 74.4 Å². The van der Waals surface area contributed by atoms with Crippen molar-refractivity contribution < 1.29 is 49.3 Å². The van der Waals surface area contributed by atoms with Crippen molar-refractivity contribution >= 4 is 68.4 Å². The molecule has 0 aliphatic carbocycles. The first-order valence-corrected chi connectivity index (χ1v) is 15.8. The van der Waals surface area contributed by atoms with Crippen molar-refractivity contribution in [2.24, 2.45) is 40.6 Å². The summed E-state index contributed by atoms with van der Waals surface area (Å²) in [5.74, 6) is 0.729. The van der Waals surface area contributed by atoms with E-state index < -0.39 is 0 Å². The lowest BCUT2D eigenvalue weighted by atomic mass is 10.2. The van der Waals surface area contributed by atoms with Gasteiger partial charge in [-0.15, -0.1) is 0 Å². The van der Waals surface area contributed by atoms with Gasteiger partial charge in [-0.3, -0.25) is 0 Å². The highest BCUT2D eigenvalue weighted by atomic mass is 16.5. The summed E-state index contributed by atoms with van der Waals surface area (Å²) >= 11 is 0. The molecule has 18 nitrogen and oxygen atoms in total. The first-order valence-electron chi connectivity index (χ1n) is 15.8. The highest BCUT2D eigenvalue weighted by Crippen LogP contribution is 2.42. The molecule has 1 aliphatic rings. The Morgan fingerprint density at radius 3 is 0.722 bits per heavy atom. The fourth-order valence-corrected chi connectivity index (χ4v) is 3.76. The highest BCUT2D eigenvalue weighted by Gasteiger charge is 2.16. The molecule has 1 heterocycles. The van der Waals surface area contributed by atoms with Crippen LogP contribution in [0, 0.1) is 0 Å². The fourth-order valence-electron chi connectivity index (χ4n) is 3.76. The normalized spacial score (nSPS) is 18.1. The van der Waals surface area contributed by atoms with Crippen LogP contribution in [0.2, 0.25) is 0 Å². The summed E-state index contributed by atoms with van der Waals surface area (Å²) in [5.41, 5.74) is 3.88. The molecule has 0 aromatic heterocycles. The lowest BCUT2D eigenvalue weighted by Gasteiger charge is -2.13. The maximum Gasteiger partial charge on any atom is 0.171 e. The molecule has 0 spiro atoms. The van der Waals surface area contributed by atoms with Gasteiger partial charge in [0.2, 0.25) is 0 Å². The Kier molecular flexibility index (Phi) is 15.7. The third-order valence-electron chi connectivity index (χ3n) is 7.25. The second-order valence-electron chi connectivity index (χ2n) is 10.9. The maximum absolute atomic E-state index is 9.26. The van der Waals surface area contributed by atoms with Crippen LogP contribution in [0.25, 0.3) is 0 Å². The van der Waals surface area contributed by atoms with Crippen molar-refractivity contribution in [2.45, 2.75) is 55.4 Å². The Balaban J connectivity index is 2.08. The Hall–Kier alpha value is -7.24. The van der Waals surface area contributed by atoms with Gasteiger partial charge in [0.25, 0.3) is 0 Å². The summed E-state index contributed by atoms with van der Waals surface area (Å²) in [7, 11) is 0. The lowest BCUT2D eigenvalue weighted by molar-refractivity contribution is 0.319. The summed E-state index contributed by atoms with van der Waals surface area (Å²) in [5, 5.41) is 49.8. The van der Waals surface area contributed by atoms with E-state index in [2.05, 4.69) is 40.6 Å². The van der Waals surface area contributed by atoms with E-state index >= 15 is 0 Å². The smallest absolute Gasteiger partial charge is 0.171 e. The predicted octanol–water partition coefficient (Wildman–Crippen LogP) is 8.60. The lowest BCUT2D eigenvalue weighted by Crippen LogP contribution is -2.06. The number of rotatable bonds is 8. The molecule has 0 saturated heterocycles. The summed E-state index contributed by atoms with van der Waals surface area (Å²) in [6.45, 7) is 12.9. The summed E-state index contributed by atoms with van der Waals surface area (Å²) < 4.78 is 34.1. The van der Waals surface area contributed by atoms with Gasteiger partial charge < -0.3 is 49.3 Å². The molecule has 0 fully saturated rings. The first-order chi connectivity index (χ1) is 25.9. The number of fused-ring (bicyclic) bond motifs is 2. The first kappa shape index (κ1) is 41.2. The minimum Gasteiger partial charge on any atom is -0.466 e. The van der Waals surface area contributed by atoms with Crippen LogP contribution in [0.3, 0.4) is 0 Å². The van der Waals surface area contributed by atoms with Crippen LogP contribution < -0.4 is 18.9 Å². The van der Waals surface area contributed by atoms with E-state index in [1.807, 2.05) is 0 Å². The van der Waals surface area contributed by atoms with Crippen molar-refractivity contribution in [2.75, 3.05) is 0 Å². The molecule has 54 heavy (non-hydrogen) atoms. The van der Waals surface area contributed by atoms with E-state index in [0.29, 0.717) is 45.6 Å². The van der Waals surface area contributed by atoms with Crippen molar-refractivity contribution in [1.82, 2.24) is 0 Å². The molecule has 0 saturated carbocycles. The van der Waals surface area contributed by atoms with Crippen molar-refractivity contribution in [3.8, 4) is 23.0 Å². The molecule has 0 atom stereocenters. The van der Waals surface area contributed by atoms with Crippen molar-refractivity contribution in [3.63, 3.8) is 0 Å². The minimum absolute atomic E-state index is 0.182. The molecule has 18 heteroatoms. The predicted molar refractivity (Wildman–Crippen MR) is 205 cm³/mol. The van der Waals surface area contributed by atoms with Crippen LogP contribution in [0.5, 0.6) is 23.0 Å². The summed E-state index contributed by atoms with van der Waals surface area (Å²) in [6, 6.07) is 6.15. The minimum atomic E-state index is 0.182. The second kappa shape index (κ2) is 20.6. The van der Waals surface area contributed by atoms with E-state index in [4.69, 9.17) is 28.4 Å². The van der Waals surface area contributed by atoms with Crippen LogP contribution in [0.4, 0.5) is 22.7 Å². The zero-order valence-electron chi connectivity index (χ0n) is 30.7. The molecule has 2 aromatic carbocycles. The largest absolute Gasteiger partial charge is 0.466 e. The van der Waals surface area contributed by atoms with Crippen molar-refractivity contribution in [3.05, 3.63) is 74.4 Å². The Bertz CT molecular complexity index is 1770. The number of aliphatic imine (C=N–C) groups is 4. The summed E-state index contributed by atoms with van der Waals surface area (Å²) in [6.07, 6.45) is 9.83. The molecular weight excluding hydrogens is 704 g/mol. The van der Waals surface area contributed by atoms with Crippen LogP contribution in [-0.2, 0) is 9.47 Å². The molecule has 4 N–H and O–H groups in total. The molecule has 0 radical (unpaired) electrons. The van der Waals surface area contributed by atoms with E-state index in [9.17, 15) is 20.8 Å². The quantitative estimate of drug-likeness (QED) is 0.114. The Labute approximate surface area is 310 Å². The topological polar surface area (TPSA) is 235 Å². The average molecular weight is 745 g/mol. The third-order valence-corrected chi connectivity index (χ3v) is 7.25. The van der Waals surface area contributed by atoms with Crippen molar-refractivity contribution in [1.29, 1.82) is 0 Å². The zero-order valence-corrected chi connectivity index (χ0v) is 30.7. The van der Waals surface area contributed by atoms with Gasteiger partial charge in [-0.25, -0.2) is 20.0 Å². The number of benzene rings is 2. The van der Waals surface area contributed by atoms with Gasteiger partial charge in [-0.05, 0) is 55.4 Å². The molecule has 0 bridgehead atoms. The average Bonchev–Trinajstić information content (AvgIpc) is 3.17. The number of nitrogens with zero attached hydrogens (tertiary/aromatic N) is 8. The number of ether oxygens (including phenoxy) is 6. The van der Waals surface area contributed by atoms with Crippen LogP contribution >= 0.6 is 0 Å². The van der Waals surface area contributed by atoms with Crippen LogP contribution in [0.15, 0.2) is 115 Å². The number of hydrogen-bond donors (Lipinski definition) is 4. The van der Waals surface area contributed by atoms with Gasteiger partial charge in [-0.1, -0.05) is 20.6 Å². The fraction of sp³-hybridized carbons (Fsp3) is 0.222. The van der Waals surface area contributed by atoms with Crippen LogP contribution in [-0.4, -0.2) is 66.5 Å². The molecule has 0 amide bonds. The highest BCUT2D eigenvalue weighted by molar-refractivity contribution is 6.42. The van der Waals surface area contributed by atoms with E-state index in [0.717, 1.165) is 0 Å². The van der Waals surface area contributed by atoms with Crippen LogP contribution in [0.1, 0.15) is 55.4 Å². The summed E-state index contributed by atoms with van der Waals surface area (Å²) in [4.78, 5) is 18.2. The van der Waals surface area contributed by atoms with Gasteiger partial charge in [0, 0.05) is 24.3 Å². The van der Waals surface area contributed by atoms with Gasteiger partial charge >= 0.3 is 0 Å². The molecule has 3 rings (SSSR count). The van der Waals surface area contributed by atoms with Gasteiger partial charge in [0.1, 0.15) is 50.1 Å². The molecule has 2 aromatic rings. The monoisotopic (exact) mass is 744 g/mol. The number of hydrogen-bond acceptors (Lipinski definition) is 18. The Morgan fingerprint density at radius 1 is 0.333 bits per heavy atom. The molecule has 0 unspecified atom stereocenters. The van der Waals surface area contributed by atoms with E-state index in [1.54, 1.807) is 55.4 Å². The molecule has 284 valence electrons. The second-order valence-corrected chi connectivity index (χ2v) is 10.9.